The molecule has 0 aliphatic carbocycles. The van der Waals surface area contributed by atoms with Crippen LogP contribution in [0.25, 0.3) is 0 Å². The summed E-state index contributed by atoms with van der Waals surface area (Å²) in [6.45, 7) is 2.41. The Balaban J connectivity index is 2.20. The number of Topliss-reactive ketones (excluding diaryl/α,β-unsaturated/α-hetero) is 1. The summed E-state index contributed by atoms with van der Waals surface area (Å²) in [6.07, 6.45) is 1.83. The summed E-state index contributed by atoms with van der Waals surface area (Å²) >= 11 is 0. The van der Waals surface area contributed by atoms with E-state index >= 15 is 0 Å². The van der Waals surface area contributed by atoms with Gasteiger partial charge < -0.3 is 15.7 Å². The van der Waals surface area contributed by atoms with Crippen molar-refractivity contribution < 1.29 is 14.7 Å². The van der Waals surface area contributed by atoms with Crippen molar-refractivity contribution in [3.8, 4) is 0 Å². The summed E-state index contributed by atoms with van der Waals surface area (Å²) in [5, 5.41) is 15.0. The van der Waals surface area contributed by atoms with Crippen molar-refractivity contribution in [1.82, 2.24) is 5.32 Å². The number of rotatable bonds is 5. The van der Waals surface area contributed by atoms with Gasteiger partial charge in [0.25, 0.3) is 0 Å². The highest BCUT2D eigenvalue weighted by atomic mass is 16.4. The Morgan fingerprint density at radius 3 is 2.79 bits per heavy atom. The fourth-order valence-corrected chi connectivity index (χ4v) is 2.21. The maximum Gasteiger partial charge on any atom is 0.325 e. The minimum Gasteiger partial charge on any atom is -0.480 e. The molecule has 19 heavy (non-hydrogen) atoms. The number of para-hydroxylation sites is 1. The van der Waals surface area contributed by atoms with E-state index in [4.69, 9.17) is 5.11 Å². The average molecular weight is 262 g/mol. The Morgan fingerprint density at radius 1 is 1.42 bits per heavy atom. The van der Waals surface area contributed by atoms with E-state index in [1.54, 1.807) is 31.2 Å². The summed E-state index contributed by atoms with van der Waals surface area (Å²) in [5.74, 6) is -0.917. The molecule has 2 unspecified atom stereocenters. The Kier molecular flexibility index (Phi) is 4.16. The van der Waals surface area contributed by atoms with Crippen LogP contribution in [0.5, 0.6) is 0 Å². The Bertz CT molecular complexity index is 481. The predicted molar refractivity (Wildman–Crippen MR) is 72.5 cm³/mol. The summed E-state index contributed by atoms with van der Waals surface area (Å²) < 4.78 is 0. The number of hydrogen-bond donors (Lipinski definition) is 3. The van der Waals surface area contributed by atoms with Gasteiger partial charge in [0, 0.05) is 11.3 Å². The number of carbonyl (C=O) groups is 2. The summed E-state index contributed by atoms with van der Waals surface area (Å²) in [7, 11) is 0. The first-order chi connectivity index (χ1) is 9.09. The lowest BCUT2D eigenvalue weighted by molar-refractivity contribution is -0.137. The molecule has 0 aromatic heterocycles. The summed E-state index contributed by atoms with van der Waals surface area (Å²) in [6, 6.07) is 6.17. The molecule has 0 saturated carbocycles. The van der Waals surface area contributed by atoms with Crippen LogP contribution in [0.1, 0.15) is 30.1 Å². The summed E-state index contributed by atoms with van der Waals surface area (Å²) in [5.41, 5.74) is 1.13. The van der Waals surface area contributed by atoms with Gasteiger partial charge in [-0.2, -0.15) is 0 Å². The molecule has 1 heterocycles. The van der Waals surface area contributed by atoms with Crippen molar-refractivity contribution in [2.75, 3.05) is 11.9 Å². The number of benzene rings is 1. The van der Waals surface area contributed by atoms with E-state index in [9.17, 15) is 9.59 Å². The van der Waals surface area contributed by atoms with Crippen molar-refractivity contribution in [3.63, 3.8) is 0 Å². The van der Waals surface area contributed by atoms with Gasteiger partial charge in [-0.05, 0) is 38.4 Å². The van der Waals surface area contributed by atoms with E-state index in [1.807, 2.05) is 0 Å². The van der Waals surface area contributed by atoms with Crippen LogP contribution in [0.4, 0.5) is 5.69 Å². The Morgan fingerprint density at radius 2 is 2.16 bits per heavy atom. The average Bonchev–Trinajstić information content (AvgIpc) is 2.92. The Hall–Kier alpha value is -1.88. The standard InChI is InChI=1S/C14H18N2O3/c1-9(14(18)19)16-11-6-3-2-5-10(11)13(17)12-7-4-8-15-12/h2-3,5-6,9,12,15-16H,4,7-8H2,1H3,(H,18,19). The molecule has 102 valence electrons. The summed E-state index contributed by atoms with van der Waals surface area (Å²) in [4.78, 5) is 23.3. The van der Waals surface area contributed by atoms with Gasteiger partial charge in [0.05, 0.1) is 6.04 Å². The third-order valence-corrected chi connectivity index (χ3v) is 3.31. The predicted octanol–water partition coefficient (Wildman–Crippen LogP) is 1.51. The number of aliphatic carboxylic acids is 1. The molecule has 5 heteroatoms. The van der Waals surface area contributed by atoms with E-state index in [2.05, 4.69) is 10.6 Å². The molecule has 1 aliphatic heterocycles. The molecule has 1 fully saturated rings. The lowest BCUT2D eigenvalue weighted by atomic mass is 10.0. The first-order valence-corrected chi connectivity index (χ1v) is 6.45. The minimum atomic E-state index is -0.943. The molecule has 5 nitrogen and oxygen atoms in total. The van der Waals surface area contributed by atoms with Crippen molar-refractivity contribution in [3.05, 3.63) is 29.8 Å². The van der Waals surface area contributed by atoms with Gasteiger partial charge in [0.1, 0.15) is 6.04 Å². The molecule has 2 rings (SSSR count). The molecular formula is C14H18N2O3. The third kappa shape index (κ3) is 3.12. The van der Waals surface area contributed by atoms with E-state index < -0.39 is 12.0 Å². The molecule has 1 aromatic carbocycles. The Labute approximate surface area is 112 Å². The van der Waals surface area contributed by atoms with Gasteiger partial charge in [-0.1, -0.05) is 12.1 Å². The van der Waals surface area contributed by atoms with Crippen LogP contribution in [-0.2, 0) is 4.79 Å². The molecule has 1 aromatic rings. The van der Waals surface area contributed by atoms with Gasteiger partial charge in [0.2, 0.25) is 0 Å². The number of carboxylic acids is 1. The van der Waals surface area contributed by atoms with Crippen LogP contribution < -0.4 is 10.6 Å². The fraction of sp³-hybridized carbons (Fsp3) is 0.429. The molecule has 0 amide bonds. The monoisotopic (exact) mass is 262 g/mol. The van der Waals surface area contributed by atoms with E-state index in [-0.39, 0.29) is 11.8 Å². The molecule has 1 aliphatic rings. The maximum absolute atomic E-state index is 12.4. The molecule has 2 atom stereocenters. The van der Waals surface area contributed by atoms with E-state index in [0.717, 1.165) is 19.4 Å². The second kappa shape index (κ2) is 5.84. The van der Waals surface area contributed by atoms with Crippen molar-refractivity contribution in [1.29, 1.82) is 0 Å². The molecule has 3 N–H and O–H groups in total. The third-order valence-electron chi connectivity index (χ3n) is 3.31. The molecule has 0 spiro atoms. The zero-order valence-electron chi connectivity index (χ0n) is 10.8. The zero-order valence-corrected chi connectivity index (χ0v) is 10.8. The minimum absolute atomic E-state index is 0.0261. The molecule has 1 saturated heterocycles. The molecular weight excluding hydrogens is 244 g/mol. The number of hydrogen-bond acceptors (Lipinski definition) is 4. The SMILES string of the molecule is CC(Nc1ccccc1C(=O)C1CCCN1)C(=O)O. The second-order valence-corrected chi connectivity index (χ2v) is 4.76. The quantitative estimate of drug-likeness (QED) is 0.701. The van der Waals surface area contributed by atoms with Crippen molar-refractivity contribution in [2.45, 2.75) is 31.8 Å². The largest absolute Gasteiger partial charge is 0.480 e. The molecule has 0 bridgehead atoms. The van der Waals surface area contributed by atoms with Crippen LogP contribution in [0.15, 0.2) is 24.3 Å². The second-order valence-electron chi connectivity index (χ2n) is 4.76. The van der Waals surface area contributed by atoms with E-state index in [0.29, 0.717) is 11.3 Å². The highest BCUT2D eigenvalue weighted by Gasteiger charge is 2.25. The van der Waals surface area contributed by atoms with Crippen LogP contribution in [0.2, 0.25) is 0 Å². The smallest absolute Gasteiger partial charge is 0.325 e. The van der Waals surface area contributed by atoms with Gasteiger partial charge in [-0.25, -0.2) is 0 Å². The molecule has 0 radical (unpaired) electrons. The van der Waals surface area contributed by atoms with Crippen molar-refractivity contribution >= 4 is 17.4 Å². The van der Waals surface area contributed by atoms with Crippen LogP contribution >= 0.6 is 0 Å². The number of carbonyl (C=O) groups excluding carboxylic acids is 1. The normalized spacial score (nSPS) is 19.9. The van der Waals surface area contributed by atoms with Gasteiger partial charge in [-0.15, -0.1) is 0 Å². The van der Waals surface area contributed by atoms with Gasteiger partial charge >= 0.3 is 5.97 Å². The zero-order chi connectivity index (χ0) is 13.8. The van der Waals surface area contributed by atoms with Crippen LogP contribution in [0.3, 0.4) is 0 Å². The van der Waals surface area contributed by atoms with Gasteiger partial charge in [0.15, 0.2) is 5.78 Å². The fourth-order valence-electron chi connectivity index (χ4n) is 2.21. The highest BCUT2D eigenvalue weighted by Crippen LogP contribution is 2.20. The number of ketones is 1. The number of nitrogens with one attached hydrogen (secondary N) is 2. The van der Waals surface area contributed by atoms with Crippen LogP contribution in [0, 0.1) is 0 Å². The van der Waals surface area contributed by atoms with E-state index in [1.165, 1.54) is 0 Å². The number of anilines is 1. The lowest BCUT2D eigenvalue weighted by Crippen LogP contribution is -2.32. The first kappa shape index (κ1) is 13.5. The maximum atomic E-state index is 12.4. The highest BCUT2D eigenvalue weighted by molar-refractivity contribution is 6.05. The number of carboxylic acid groups (broad SMARTS) is 1. The topological polar surface area (TPSA) is 78.4 Å². The first-order valence-electron chi connectivity index (χ1n) is 6.45. The van der Waals surface area contributed by atoms with Crippen molar-refractivity contribution in [2.24, 2.45) is 0 Å². The lowest BCUT2D eigenvalue weighted by Gasteiger charge is -2.16. The van der Waals surface area contributed by atoms with Crippen LogP contribution in [-0.4, -0.2) is 35.5 Å². The van der Waals surface area contributed by atoms with Gasteiger partial charge in [-0.3, -0.25) is 9.59 Å².